The zero-order valence-corrected chi connectivity index (χ0v) is 15.2. The van der Waals surface area contributed by atoms with Crippen LogP contribution >= 0.6 is 0 Å². The van der Waals surface area contributed by atoms with Gasteiger partial charge in [-0.25, -0.2) is 9.18 Å². The maximum Gasteiger partial charge on any atom is 0.341 e. The topological polar surface area (TPSA) is 73.3 Å². The molecule has 2 heterocycles. The van der Waals surface area contributed by atoms with Gasteiger partial charge in [-0.15, -0.1) is 0 Å². The van der Waals surface area contributed by atoms with Crippen LogP contribution in [0.3, 0.4) is 0 Å². The molecule has 8 heteroatoms. The highest BCUT2D eigenvalue weighted by molar-refractivity contribution is 6.21. The lowest BCUT2D eigenvalue weighted by molar-refractivity contribution is -0.134. The van der Waals surface area contributed by atoms with Crippen LogP contribution in [0.4, 0.5) is 4.39 Å². The summed E-state index contributed by atoms with van der Waals surface area (Å²) in [5, 5.41) is 9.30. The van der Waals surface area contributed by atoms with Gasteiger partial charge < -0.3 is 19.6 Å². The van der Waals surface area contributed by atoms with Crippen LogP contribution in [0.1, 0.15) is 6.92 Å². The maximum atomic E-state index is 12.2. The standard InChI is InChI=1S/C18H26FN3O4/c1-14-13-26-15(10-21-8-6-20(2)7-9-21)11-22(14)12-16(18(24)25)17(23)4-3-5-19/h3-4,11-12,14H,5-10,13H2,1-2H3,(H,24,25)/b4-3+,16-12+. The molecule has 7 nitrogen and oxygen atoms in total. The van der Waals surface area contributed by atoms with E-state index in [2.05, 4.69) is 16.8 Å². The Hall–Kier alpha value is -2.19. The molecule has 0 bridgehead atoms. The van der Waals surface area contributed by atoms with Gasteiger partial charge in [-0.1, -0.05) is 0 Å². The van der Waals surface area contributed by atoms with E-state index in [0.29, 0.717) is 13.2 Å². The van der Waals surface area contributed by atoms with Crippen LogP contribution < -0.4 is 0 Å². The fraction of sp³-hybridized carbons (Fsp3) is 0.556. The Morgan fingerprint density at radius 2 is 2.04 bits per heavy atom. The molecular formula is C18H26FN3O4. The monoisotopic (exact) mass is 367 g/mol. The highest BCUT2D eigenvalue weighted by atomic mass is 19.1. The smallest absolute Gasteiger partial charge is 0.341 e. The Labute approximate surface area is 153 Å². The molecule has 0 amide bonds. The van der Waals surface area contributed by atoms with Crippen LogP contribution in [0.25, 0.3) is 0 Å². The minimum absolute atomic E-state index is 0.112. The lowest BCUT2D eigenvalue weighted by atomic mass is 10.1. The van der Waals surface area contributed by atoms with Crippen molar-refractivity contribution in [2.45, 2.75) is 13.0 Å². The zero-order valence-electron chi connectivity index (χ0n) is 15.2. The summed E-state index contributed by atoms with van der Waals surface area (Å²) < 4.78 is 17.9. The summed E-state index contributed by atoms with van der Waals surface area (Å²) in [6.45, 7) is 5.96. The van der Waals surface area contributed by atoms with Gasteiger partial charge in [0.25, 0.3) is 0 Å². The van der Waals surface area contributed by atoms with Gasteiger partial charge in [0.1, 0.15) is 24.6 Å². The van der Waals surface area contributed by atoms with Gasteiger partial charge in [-0.3, -0.25) is 9.69 Å². The van der Waals surface area contributed by atoms with Crippen molar-refractivity contribution in [2.75, 3.05) is 53.1 Å². The minimum atomic E-state index is -1.34. The molecule has 0 aromatic carbocycles. The number of piperazine rings is 1. The molecule has 2 rings (SSSR count). The average Bonchev–Trinajstić information content (AvgIpc) is 2.61. The molecule has 1 fully saturated rings. The second-order valence-electron chi connectivity index (χ2n) is 6.55. The van der Waals surface area contributed by atoms with Gasteiger partial charge in [0.05, 0.1) is 12.6 Å². The molecule has 1 atom stereocenters. The van der Waals surface area contributed by atoms with E-state index in [1.165, 1.54) is 6.20 Å². The van der Waals surface area contributed by atoms with E-state index in [9.17, 15) is 19.1 Å². The predicted molar refractivity (Wildman–Crippen MR) is 95.1 cm³/mol. The van der Waals surface area contributed by atoms with Crippen molar-refractivity contribution < 1.29 is 23.8 Å². The van der Waals surface area contributed by atoms with Crippen LogP contribution in [0.5, 0.6) is 0 Å². The Balaban J connectivity index is 2.12. The molecule has 0 aromatic heterocycles. The zero-order chi connectivity index (χ0) is 19.1. The number of allylic oxidation sites excluding steroid dienone is 2. The molecule has 0 aliphatic carbocycles. The van der Waals surface area contributed by atoms with E-state index in [1.54, 1.807) is 11.1 Å². The van der Waals surface area contributed by atoms with Crippen LogP contribution in [0.15, 0.2) is 35.9 Å². The average molecular weight is 367 g/mol. The van der Waals surface area contributed by atoms with Gasteiger partial charge in [0.2, 0.25) is 0 Å². The highest BCUT2D eigenvalue weighted by Crippen LogP contribution is 2.17. The number of likely N-dealkylation sites (N-methyl/N-ethyl adjacent to an activating group) is 1. The second kappa shape index (κ2) is 9.49. The number of hydrogen-bond donors (Lipinski definition) is 1. The molecule has 2 aliphatic heterocycles. The van der Waals surface area contributed by atoms with Gasteiger partial charge in [0.15, 0.2) is 5.78 Å². The highest BCUT2D eigenvalue weighted by Gasteiger charge is 2.24. The first-order chi connectivity index (χ1) is 12.4. The third-order valence-corrected chi connectivity index (χ3v) is 4.42. The first-order valence-electron chi connectivity index (χ1n) is 8.64. The number of rotatable bonds is 7. The molecule has 2 aliphatic rings. The molecular weight excluding hydrogens is 341 g/mol. The number of ketones is 1. The summed E-state index contributed by atoms with van der Waals surface area (Å²) in [7, 11) is 2.09. The molecule has 0 radical (unpaired) electrons. The first-order valence-corrected chi connectivity index (χ1v) is 8.64. The fourth-order valence-electron chi connectivity index (χ4n) is 2.74. The predicted octanol–water partition coefficient (Wildman–Crippen LogP) is 0.859. The quantitative estimate of drug-likeness (QED) is 0.406. The number of carboxylic acids is 1. The molecule has 0 aromatic rings. The van der Waals surface area contributed by atoms with Crippen molar-refractivity contribution in [3.63, 3.8) is 0 Å². The summed E-state index contributed by atoms with van der Waals surface area (Å²) in [5.74, 6) is -1.34. The molecule has 1 saturated heterocycles. The summed E-state index contributed by atoms with van der Waals surface area (Å²) in [6, 6.07) is -0.112. The minimum Gasteiger partial charge on any atom is -0.493 e. The third-order valence-electron chi connectivity index (χ3n) is 4.42. The largest absolute Gasteiger partial charge is 0.493 e. The van der Waals surface area contributed by atoms with Gasteiger partial charge in [0, 0.05) is 38.6 Å². The van der Waals surface area contributed by atoms with E-state index in [0.717, 1.165) is 44.1 Å². The lowest BCUT2D eigenvalue weighted by Crippen LogP contribution is -2.46. The molecule has 1 unspecified atom stereocenters. The third kappa shape index (κ3) is 5.67. The van der Waals surface area contributed by atoms with Crippen molar-refractivity contribution in [1.29, 1.82) is 0 Å². The fourth-order valence-corrected chi connectivity index (χ4v) is 2.74. The van der Waals surface area contributed by atoms with Crippen molar-refractivity contribution in [3.8, 4) is 0 Å². The van der Waals surface area contributed by atoms with Gasteiger partial charge >= 0.3 is 5.97 Å². The van der Waals surface area contributed by atoms with Crippen molar-refractivity contribution in [3.05, 3.63) is 35.9 Å². The Bertz CT molecular complexity index is 610. The number of ether oxygens (including phenoxy) is 1. The maximum absolute atomic E-state index is 12.2. The van der Waals surface area contributed by atoms with E-state index in [4.69, 9.17) is 4.74 Å². The summed E-state index contributed by atoms with van der Waals surface area (Å²) in [5.41, 5.74) is -0.404. The second-order valence-corrected chi connectivity index (χ2v) is 6.55. The van der Waals surface area contributed by atoms with E-state index in [1.807, 2.05) is 6.92 Å². The summed E-state index contributed by atoms with van der Waals surface area (Å²) in [4.78, 5) is 29.6. The Kier molecular flexibility index (Phi) is 7.35. The lowest BCUT2D eigenvalue weighted by Gasteiger charge is -2.35. The normalized spacial score (nSPS) is 23.0. The number of hydrogen-bond acceptors (Lipinski definition) is 6. The first kappa shape index (κ1) is 20.1. The van der Waals surface area contributed by atoms with Crippen LogP contribution in [0.2, 0.25) is 0 Å². The van der Waals surface area contributed by atoms with E-state index >= 15 is 0 Å². The molecule has 144 valence electrons. The van der Waals surface area contributed by atoms with Crippen molar-refractivity contribution in [2.24, 2.45) is 0 Å². The van der Waals surface area contributed by atoms with Crippen LogP contribution in [-0.4, -0.2) is 90.7 Å². The Morgan fingerprint density at radius 3 is 2.65 bits per heavy atom. The number of carbonyl (C=O) groups excluding carboxylic acids is 1. The molecule has 26 heavy (non-hydrogen) atoms. The van der Waals surface area contributed by atoms with E-state index < -0.39 is 24.0 Å². The Morgan fingerprint density at radius 1 is 1.35 bits per heavy atom. The number of aliphatic carboxylic acids is 1. The van der Waals surface area contributed by atoms with Gasteiger partial charge in [-0.2, -0.15) is 0 Å². The molecule has 0 saturated carbocycles. The van der Waals surface area contributed by atoms with Crippen LogP contribution in [-0.2, 0) is 14.3 Å². The SMILES string of the molecule is CC1COC(CN2CCN(C)CC2)=CN1/C=C(/C(=O)O)C(=O)/C=C/CF. The van der Waals surface area contributed by atoms with Crippen molar-refractivity contribution in [1.82, 2.24) is 14.7 Å². The number of carbonyl (C=O) groups is 2. The number of carboxylic acid groups (broad SMARTS) is 1. The summed E-state index contributed by atoms with van der Waals surface area (Å²) >= 11 is 0. The van der Waals surface area contributed by atoms with Gasteiger partial charge in [-0.05, 0) is 26.1 Å². The van der Waals surface area contributed by atoms with Crippen molar-refractivity contribution >= 4 is 11.8 Å². The van der Waals surface area contributed by atoms with E-state index in [-0.39, 0.29) is 6.04 Å². The number of halogens is 1. The number of alkyl halides is 1. The number of nitrogens with zero attached hydrogens (tertiary/aromatic N) is 3. The summed E-state index contributed by atoms with van der Waals surface area (Å²) in [6.07, 6.45) is 4.97. The van der Waals surface area contributed by atoms with Crippen LogP contribution in [0, 0.1) is 0 Å². The molecule has 0 spiro atoms. The molecule has 1 N–H and O–H groups in total.